The number of amides is 5. The van der Waals surface area contributed by atoms with Crippen molar-refractivity contribution in [3.05, 3.63) is 70.5 Å². The van der Waals surface area contributed by atoms with Crippen LogP contribution in [0.5, 0.6) is 11.5 Å². The fourth-order valence-electron chi connectivity index (χ4n) is 8.68. The van der Waals surface area contributed by atoms with Crippen molar-refractivity contribution in [1.29, 1.82) is 0 Å². The first-order valence-corrected chi connectivity index (χ1v) is 24.7. The second-order valence-corrected chi connectivity index (χ2v) is 17.9. The van der Waals surface area contributed by atoms with Gasteiger partial charge in [0.05, 0.1) is 61.4 Å². The summed E-state index contributed by atoms with van der Waals surface area (Å²) in [6, 6.07) is 9.45. The Morgan fingerprint density at radius 1 is 0.932 bits per heavy atom. The number of methoxy groups -OCH3 is 1. The highest BCUT2D eigenvalue weighted by Crippen LogP contribution is 2.43. The average Bonchev–Trinajstić information content (AvgIpc) is 3.95. The number of nitrogens with zero attached hydrogens (tertiary/aromatic N) is 6. The van der Waals surface area contributed by atoms with Crippen LogP contribution in [0, 0.1) is 13.8 Å². The third-order valence-corrected chi connectivity index (χ3v) is 12.7. The van der Waals surface area contributed by atoms with Gasteiger partial charge in [0, 0.05) is 80.3 Å². The number of carbonyl (C=O) groups excluding carboxylic acids is 6. The zero-order valence-corrected chi connectivity index (χ0v) is 42.1. The molecule has 5 amide bonds. The molecule has 4 aromatic heterocycles. The summed E-state index contributed by atoms with van der Waals surface area (Å²) in [5, 5.41) is 21.8. The number of aromatic amines is 1. The number of H-pyrrole nitrogens is 1. The Bertz CT molecular complexity index is 3010. The molecule has 0 bridgehead atoms. The molecule has 1 saturated heterocycles. The number of rotatable bonds is 27. The Hall–Kier alpha value is -7.76. The van der Waals surface area contributed by atoms with Gasteiger partial charge >= 0.3 is 0 Å². The lowest BCUT2D eigenvalue weighted by atomic mass is 10.0. The largest absolute Gasteiger partial charge is 0.496 e. The first kappa shape index (κ1) is 52.6. The third kappa shape index (κ3) is 12.3. The molecule has 2 aliphatic rings. The fraction of sp³-hybridized carbons (Fsp3) is 0.451. The molecule has 5 N–H and O–H groups in total. The Balaban J connectivity index is 0.737. The van der Waals surface area contributed by atoms with Crippen LogP contribution in [0.1, 0.15) is 99.8 Å². The zero-order valence-electron chi connectivity index (χ0n) is 42.1. The Morgan fingerprint density at radius 2 is 1.66 bits per heavy atom. The minimum atomic E-state index is -0.907. The van der Waals surface area contributed by atoms with Gasteiger partial charge in [-0.1, -0.05) is 17.3 Å². The topological polar surface area (TPSA) is 285 Å². The number of aromatic nitrogens is 6. The molecule has 1 aliphatic heterocycles. The first-order chi connectivity index (χ1) is 35.9. The van der Waals surface area contributed by atoms with Crippen molar-refractivity contribution < 1.29 is 57.0 Å². The summed E-state index contributed by atoms with van der Waals surface area (Å²) in [4.78, 5) is 89.4. The highest BCUT2D eigenvalue weighted by molar-refractivity contribution is 6.14. The van der Waals surface area contributed by atoms with E-state index in [0.29, 0.717) is 113 Å². The monoisotopic (exact) mass is 1020 g/mol. The van der Waals surface area contributed by atoms with Crippen molar-refractivity contribution in [2.24, 2.45) is 0 Å². The molecule has 23 nitrogen and oxygen atoms in total. The number of imide groups is 1. The Kier molecular flexibility index (Phi) is 17.3. The molecule has 1 saturated carbocycles. The van der Waals surface area contributed by atoms with E-state index in [-0.39, 0.29) is 35.5 Å². The maximum atomic E-state index is 13.6. The van der Waals surface area contributed by atoms with Crippen LogP contribution in [0.4, 0.5) is 11.6 Å². The van der Waals surface area contributed by atoms with Crippen molar-refractivity contribution in [1.82, 2.24) is 50.7 Å². The van der Waals surface area contributed by atoms with Crippen LogP contribution >= 0.6 is 0 Å². The zero-order chi connectivity index (χ0) is 52.3. The predicted molar refractivity (Wildman–Crippen MR) is 269 cm³/mol. The van der Waals surface area contributed by atoms with E-state index in [0.717, 1.165) is 57.0 Å². The highest BCUT2D eigenvalue weighted by atomic mass is 16.5. The van der Waals surface area contributed by atoms with E-state index in [1.807, 2.05) is 43.7 Å². The highest BCUT2D eigenvalue weighted by Gasteiger charge is 2.35. The second kappa shape index (κ2) is 24.3. The van der Waals surface area contributed by atoms with Gasteiger partial charge in [0.15, 0.2) is 12.9 Å². The summed E-state index contributed by atoms with van der Waals surface area (Å²) >= 11 is 0. The molecule has 8 rings (SSSR count). The van der Waals surface area contributed by atoms with E-state index in [1.54, 1.807) is 7.11 Å². The van der Waals surface area contributed by atoms with Crippen LogP contribution in [0.2, 0.25) is 0 Å². The third-order valence-electron chi connectivity index (χ3n) is 12.7. The lowest BCUT2D eigenvalue weighted by molar-refractivity contribution is -0.136. The van der Waals surface area contributed by atoms with E-state index in [1.165, 1.54) is 25.2 Å². The lowest BCUT2D eigenvalue weighted by Crippen LogP contribution is -2.53. The average molecular weight is 1020 g/mol. The van der Waals surface area contributed by atoms with Crippen LogP contribution in [-0.2, 0) is 35.1 Å². The van der Waals surface area contributed by atoms with Gasteiger partial charge in [-0.3, -0.25) is 34.1 Å². The van der Waals surface area contributed by atoms with Crippen LogP contribution in [-0.4, -0.2) is 150 Å². The molecule has 74 heavy (non-hydrogen) atoms. The van der Waals surface area contributed by atoms with Crippen LogP contribution < -0.4 is 30.7 Å². The second-order valence-electron chi connectivity index (χ2n) is 17.9. The summed E-state index contributed by atoms with van der Waals surface area (Å²) in [7, 11) is 3.02. The summed E-state index contributed by atoms with van der Waals surface area (Å²) < 4.78 is 35.8. The van der Waals surface area contributed by atoms with Gasteiger partial charge in [-0.25, -0.2) is 14.6 Å². The summed E-state index contributed by atoms with van der Waals surface area (Å²) in [6.45, 7) is 8.74. The number of likely N-dealkylation sites (N-methyl/N-ethyl adjacent to an activating group) is 1. The van der Waals surface area contributed by atoms with E-state index in [4.69, 9.17) is 43.3 Å². The number of benzene rings is 2. The number of carbonyl (C=O) groups is 6. The van der Waals surface area contributed by atoms with Gasteiger partial charge in [-0.15, -0.1) is 0 Å². The minimum absolute atomic E-state index is 0.00775. The predicted octanol–water partition coefficient (Wildman–Crippen LogP) is 4.67. The molecular formula is C51H61N11O12. The van der Waals surface area contributed by atoms with E-state index < -0.39 is 42.2 Å². The molecule has 0 spiro atoms. The normalized spacial score (nSPS) is 14.5. The molecule has 6 aromatic rings. The van der Waals surface area contributed by atoms with Gasteiger partial charge in [-0.05, 0) is 71.1 Å². The number of aryl methyl sites for hydroxylation is 3. The molecule has 1 atom stereocenters. The molecule has 5 heterocycles. The number of anilines is 2. The van der Waals surface area contributed by atoms with Gasteiger partial charge in [0.1, 0.15) is 40.6 Å². The standard InChI is InChI=1S/C51H61N11O12/c1-6-62-40(26-35(59-62)31-12-13-31)55-47-45-33-25-39(69-5)34(43-29(2)60-74-30(43)3)24-36(33)54-46(45)57-48(58-47)50(67)53-17-9-19-71-21-23-72-22-20-70-18-8-16-52-42(65)28-73-38-11-7-10-32(27-63)44(38)51(68)61(4)37-14-15-41(64)56-49(37)66/h7,10-11,24-27,31,37H,6,8-9,12-23,28H2,1-5H3,(H,52,65)(H,53,67)(H,56,64,66)(H2,54,55,57,58). The minimum Gasteiger partial charge on any atom is -0.496 e. The van der Waals surface area contributed by atoms with Gasteiger partial charge < -0.3 is 54.0 Å². The van der Waals surface area contributed by atoms with Crippen molar-refractivity contribution in [3.8, 4) is 22.6 Å². The van der Waals surface area contributed by atoms with Crippen LogP contribution in [0.15, 0.2) is 40.9 Å². The van der Waals surface area contributed by atoms with Crippen LogP contribution in [0.25, 0.3) is 33.1 Å². The summed E-state index contributed by atoms with van der Waals surface area (Å²) in [5.74, 6) is 0.360. The molecule has 1 aliphatic carbocycles. The Labute approximate surface area is 425 Å². The molecule has 2 fully saturated rings. The fourth-order valence-corrected chi connectivity index (χ4v) is 8.68. The number of ether oxygens (including phenoxy) is 5. The number of hydrogen-bond donors (Lipinski definition) is 5. The van der Waals surface area contributed by atoms with Gasteiger partial charge in [0.25, 0.3) is 17.7 Å². The molecule has 392 valence electrons. The molecule has 2 aromatic carbocycles. The maximum Gasteiger partial charge on any atom is 0.289 e. The molecule has 0 radical (unpaired) electrons. The molecule has 23 heteroatoms. The molecule has 1 unspecified atom stereocenters. The first-order valence-electron chi connectivity index (χ1n) is 24.7. The quantitative estimate of drug-likeness (QED) is 0.0266. The van der Waals surface area contributed by atoms with Crippen LogP contribution in [0.3, 0.4) is 0 Å². The maximum absolute atomic E-state index is 13.6. The number of nitrogens with one attached hydrogen (secondary N) is 5. The number of aldehydes is 1. The summed E-state index contributed by atoms with van der Waals surface area (Å²) in [6.07, 6.45) is 3.98. The van der Waals surface area contributed by atoms with E-state index >= 15 is 0 Å². The van der Waals surface area contributed by atoms with Crippen molar-refractivity contribution in [2.45, 2.75) is 77.8 Å². The SMILES string of the molecule is CCn1nc(C2CC2)cc1Nc1nc(C(=O)NCCCOCCOCCOCCCNC(=O)COc2cccc(C=O)c2C(=O)N(C)C2CCC(=O)NC2=O)nc2[nH]c3cc(-c4c(C)noc4C)c(OC)cc3c12. The summed E-state index contributed by atoms with van der Waals surface area (Å²) in [5.41, 5.74) is 4.58. The number of hydrogen-bond acceptors (Lipinski definition) is 17. The van der Waals surface area contributed by atoms with Gasteiger partial charge in [0.2, 0.25) is 17.6 Å². The number of piperidine rings is 1. The van der Waals surface area contributed by atoms with Crippen molar-refractivity contribution >= 4 is 69.4 Å². The smallest absolute Gasteiger partial charge is 0.289 e. The lowest BCUT2D eigenvalue weighted by Gasteiger charge is -2.30. The van der Waals surface area contributed by atoms with Crippen molar-refractivity contribution in [3.63, 3.8) is 0 Å². The Morgan fingerprint density at radius 3 is 2.32 bits per heavy atom. The van der Waals surface area contributed by atoms with Crippen molar-refractivity contribution in [2.75, 3.05) is 78.8 Å². The van der Waals surface area contributed by atoms with E-state index in [2.05, 4.69) is 31.4 Å². The number of fused-ring (bicyclic) bond motifs is 3. The van der Waals surface area contributed by atoms with Gasteiger partial charge in [-0.2, -0.15) is 5.10 Å². The van der Waals surface area contributed by atoms with E-state index in [9.17, 15) is 28.8 Å². The molecular weight excluding hydrogens is 959 g/mol.